The Bertz CT molecular complexity index is 699. The Balaban J connectivity index is 1.75. The second-order valence-electron chi connectivity index (χ2n) is 4.46. The highest BCUT2D eigenvalue weighted by Crippen LogP contribution is 2.01. The molecule has 0 unspecified atom stereocenters. The van der Waals surface area contributed by atoms with Crippen molar-refractivity contribution in [3.63, 3.8) is 0 Å². The highest BCUT2D eigenvalue weighted by Gasteiger charge is 2.00. The van der Waals surface area contributed by atoms with E-state index in [1.54, 1.807) is 24.3 Å². The maximum atomic E-state index is 11.5. The fraction of sp³-hybridized carbons (Fsp3) is 0.111. The third-order valence-corrected chi connectivity index (χ3v) is 2.79. The SMILES string of the molecule is O=Cc1cccc(C#CCNC(=O)OCc2ccccc2)c1. The normalized spacial score (nSPS) is 9.27. The van der Waals surface area contributed by atoms with Gasteiger partial charge in [0.15, 0.2) is 0 Å². The number of amides is 1. The summed E-state index contributed by atoms with van der Waals surface area (Å²) < 4.78 is 5.05. The molecule has 0 fully saturated rings. The lowest BCUT2D eigenvalue weighted by Crippen LogP contribution is -2.24. The molecule has 4 nitrogen and oxygen atoms in total. The van der Waals surface area contributed by atoms with Gasteiger partial charge in [-0.3, -0.25) is 4.79 Å². The van der Waals surface area contributed by atoms with Gasteiger partial charge in [-0.15, -0.1) is 0 Å². The van der Waals surface area contributed by atoms with Crippen LogP contribution in [-0.2, 0) is 11.3 Å². The molecule has 22 heavy (non-hydrogen) atoms. The first-order chi connectivity index (χ1) is 10.8. The number of hydrogen-bond acceptors (Lipinski definition) is 3. The zero-order valence-corrected chi connectivity index (χ0v) is 11.9. The average Bonchev–Trinajstić information content (AvgIpc) is 2.58. The molecule has 2 aromatic rings. The molecule has 2 aromatic carbocycles. The lowest BCUT2D eigenvalue weighted by atomic mass is 10.1. The molecule has 1 amide bonds. The molecule has 0 aromatic heterocycles. The Morgan fingerprint density at radius 2 is 1.95 bits per heavy atom. The van der Waals surface area contributed by atoms with Crippen molar-refractivity contribution in [3.8, 4) is 11.8 Å². The van der Waals surface area contributed by atoms with E-state index in [2.05, 4.69) is 17.2 Å². The smallest absolute Gasteiger partial charge is 0.408 e. The van der Waals surface area contributed by atoms with Crippen molar-refractivity contribution in [1.29, 1.82) is 0 Å². The lowest BCUT2D eigenvalue weighted by molar-refractivity contribution is 0.112. The van der Waals surface area contributed by atoms with Gasteiger partial charge in [-0.05, 0) is 17.7 Å². The van der Waals surface area contributed by atoms with Crippen molar-refractivity contribution < 1.29 is 14.3 Å². The molecule has 110 valence electrons. The summed E-state index contributed by atoms with van der Waals surface area (Å²) in [5.74, 6) is 5.67. The van der Waals surface area contributed by atoms with Crippen molar-refractivity contribution >= 4 is 12.4 Å². The number of alkyl carbamates (subject to hydrolysis) is 1. The minimum absolute atomic E-state index is 0.180. The quantitative estimate of drug-likeness (QED) is 0.696. The summed E-state index contributed by atoms with van der Waals surface area (Å²) in [7, 11) is 0. The average molecular weight is 293 g/mol. The molecule has 0 bridgehead atoms. The molecule has 0 saturated heterocycles. The van der Waals surface area contributed by atoms with E-state index in [1.807, 2.05) is 30.3 Å². The zero-order chi connectivity index (χ0) is 15.6. The molecule has 0 saturated carbocycles. The van der Waals surface area contributed by atoms with E-state index in [1.165, 1.54) is 0 Å². The molecule has 0 atom stereocenters. The highest BCUT2D eigenvalue weighted by atomic mass is 16.5. The molecule has 0 radical (unpaired) electrons. The van der Waals surface area contributed by atoms with Crippen molar-refractivity contribution in [1.82, 2.24) is 5.32 Å². The number of aldehydes is 1. The van der Waals surface area contributed by atoms with Gasteiger partial charge in [0.2, 0.25) is 0 Å². The topological polar surface area (TPSA) is 55.4 Å². The van der Waals surface area contributed by atoms with Gasteiger partial charge in [0.1, 0.15) is 12.9 Å². The van der Waals surface area contributed by atoms with Crippen molar-refractivity contribution in [2.45, 2.75) is 6.61 Å². The second kappa shape index (κ2) is 8.28. The van der Waals surface area contributed by atoms with E-state index in [0.29, 0.717) is 5.56 Å². The molecular formula is C18H15NO3. The van der Waals surface area contributed by atoms with E-state index < -0.39 is 6.09 Å². The summed E-state index contributed by atoms with van der Waals surface area (Å²) in [5, 5.41) is 2.55. The number of benzene rings is 2. The summed E-state index contributed by atoms with van der Waals surface area (Å²) >= 11 is 0. The number of rotatable bonds is 4. The Labute approximate surface area is 129 Å². The molecule has 1 N–H and O–H groups in total. The van der Waals surface area contributed by atoms with Gasteiger partial charge in [-0.2, -0.15) is 0 Å². The minimum atomic E-state index is -0.514. The molecule has 2 rings (SSSR count). The Morgan fingerprint density at radius 3 is 2.73 bits per heavy atom. The van der Waals surface area contributed by atoms with Crippen LogP contribution in [0.1, 0.15) is 21.5 Å². The van der Waals surface area contributed by atoms with E-state index >= 15 is 0 Å². The summed E-state index contributed by atoms with van der Waals surface area (Å²) in [6, 6.07) is 16.4. The van der Waals surface area contributed by atoms with Gasteiger partial charge >= 0.3 is 6.09 Å². The largest absolute Gasteiger partial charge is 0.445 e. The fourth-order valence-electron chi connectivity index (χ4n) is 1.73. The third kappa shape index (κ3) is 5.14. The number of hydrogen-bond donors (Lipinski definition) is 1. The first-order valence-electron chi connectivity index (χ1n) is 6.76. The summed E-state index contributed by atoms with van der Waals surface area (Å²) in [6.07, 6.45) is 0.254. The van der Waals surface area contributed by atoms with Crippen molar-refractivity contribution in [2.24, 2.45) is 0 Å². The Kier molecular flexibility index (Phi) is 5.77. The van der Waals surface area contributed by atoms with Crippen LogP contribution < -0.4 is 5.32 Å². The van der Waals surface area contributed by atoms with Crippen LogP contribution in [0.15, 0.2) is 54.6 Å². The van der Waals surface area contributed by atoms with Gasteiger partial charge in [0.25, 0.3) is 0 Å². The van der Waals surface area contributed by atoms with Crippen LogP contribution in [-0.4, -0.2) is 18.9 Å². The number of carbonyl (C=O) groups excluding carboxylic acids is 2. The van der Waals surface area contributed by atoms with Crippen molar-refractivity contribution in [2.75, 3.05) is 6.54 Å². The minimum Gasteiger partial charge on any atom is -0.445 e. The van der Waals surface area contributed by atoms with Crippen molar-refractivity contribution in [3.05, 3.63) is 71.3 Å². The Hall–Kier alpha value is -3.06. The molecule has 0 heterocycles. The van der Waals surface area contributed by atoms with Gasteiger partial charge in [0.05, 0.1) is 6.54 Å². The van der Waals surface area contributed by atoms with Crippen LogP contribution in [0, 0.1) is 11.8 Å². The number of carbonyl (C=O) groups is 2. The highest BCUT2D eigenvalue weighted by molar-refractivity contribution is 5.75. The summed E-state index contributed by atoms with van der Waals surface area (Å²) in [4.78, 5) is 22.1. The van der Waals surface area contributed by atoms with Crippen LogP contribution in [0.4, 0.5) is 4.79 Å². The molecule has 0 aliphatic heterocycles. The monoisotopic (exact) mass is 293 g/mol. The molecule has 0 aliphatic rings. The standard InChI is InChI=1S/C18H15NO3/c20-13-17-9-4-8-15(12-17)10-5-11-19-18(21)22-14-16-6-2-1-3-7-16/h1-4,6-9,12-13H,11,14H2,(H,19,21). The molecular weight excluding hydrogens is 278 g/mol. The second-order valence-corrected chi connectivity index (χ2v) is 4.46. The molecule has 4 heteroatoms. The third-order valence-electron chi connectivity index (χ3n) is 2.79. The lowest BCUT2D eigenvalue weighted by Gasteiger charge is -2.04. The summed E-state index contributed by atoms with van der Waals surface area (Å²) in [5.41, 5.74) is 2.22. The number of ether oxygens (including phenoxy) is 1. The van der Waals surface area contributed by atoms with Crippen LogP contribution in [0.5, 0.6) is 0 Å². The number of nitrogens with one attached hydrogen (secondary N) is 1. The van der Waals surface area contributed by atoms with Crippen LogP contribution in [0.25, 0.3) is 0 Å². The molecule has 0 spiro atoms. The fourth-order valence-corrected chi connectivity index (χ4v) is 1.73. The predicted molar refractivity (Wildman–Crippen MR) is 83.3 cm³/mol. The van der Waals surface area contributed by atoms with Crippen LogP contribution >= 0.6 is 0 Å². The van der Waals surface area contributed by atoms with Crippen LogP contribution in [0.2, 0.25) is 0 Å². The summed E-state index contributed by atoms with van der Waals surface area (Å²) in [6.45, 7) is 0.403. The van der Waals surface area contributed by atoms with E-state index in [-0.39, 0.29) is 13.2 Å². The maximum absolute atomic E-state index is 11.5. The van der Waals surface area contributed by atoms with E-state index in [0.717, 1.165) is 17.4 Å². The van der Waals surface area contributed by atoms with E-state index in [9.17, 15) is 9.59 Å². The van der Waals surface area contributed by atoms with Gasteiger partial charge < -0.3 is 10.1 Å². The maximum Gasteiger partial charge on any atom is 0.408 e. The van der Waals surface area contributed by atoms with Gasteiger partial charge in [0, 0.05) is 11.1 Å². The first kappa shape index (κ1) is 15.3. The zero-order valence-electron chi connectivity index (χ0n) is 11.9. The molecule has 0 aliphatic carbocycles. The van der Waals surface area contributed by atoms with Gasteiger partial charge in [-0.25, -0.2) is 4.79 Å². The van der Waals surface area contributed by atoms with Gasteiger partial charge in [-0.1, -0.05) is 54.3 Å². The Morgan fingerprint density at radius 1 is 1.14 bits per heavy atom. The van der Waals surface area contributed by atoms with E-state index in [4.69, 9.17) is 4.74 Å². The van der Waals surface area contributed by atoms with Crippen LogP contribution in [0.3, 0.4) is 0 Å². The first-order valence-corrected chi connectivity index (χ1v) is 6.76. The predicted octanol–water partition coefficient (Wildman–Crippen LogP) is 2.78.